The molecule has 0 atom stereocenters. The lowest BCUT2D eigenvalue weighted by molar-refractivity contribution is -0.930. The van der Waals surface area contributed by atoms with Gasteiger partial charge in [-0.2, -0.15) is 0 Å². The van der Waals surface area contributed by atoms with Crippen LogP contribution in [-0.4, -0.2) is 145 Å². The van der Waals surface area contributed by atoms with Crippen molar-refractivity contribution in [2.75, 3.05) is 136 Å². The van der Waals surface area contributed by atoms with Gasteiger partial charge in [0.1, 0.15) is 26.4 Å². The Balaban J connectivity index is 1.38. The topological polar surface area (TPSA) is 111 Å². The molecule has 0 amide bonds. The normalized spacial score (nSPS) is 18.2. The van der Waals surface area contributed by atoms with Crippen LogP contribution in [0.4, 0.5) is 0 Å². The SMILES string of the molecule is CC[N+]1(CC)CCC2(CC1)c1cc(OC)c(c(OC)c1)OCCOc1c(OC)cc(cc1OC)C1(CC[N+](CC)(CC)CC1)c1cc(OC)c(c(OC)c1)OCCOc1c(OC)cc2cc1OC. The number of nitrogens with zero attached hydrogens (tertiary/aromatic N) is 2. The third-order valence-corrected chi connectivity index (χ3v) is 15.9. The maximum atomic E-state index is 6.52. The molecule has 0 aliphatic carbocycles. The van der Waals surface area contributed by atoms with E-state index in [1.807, 2.05) is 0 Å². The number of quaternary nitrogens is 2. The Hall–Kier alpha value is -5.60. The van der Waals surface area contributed by atoms with Crippen LogP contribution < -0.4 is 56.8 Å². The summed E-state index contributed by atoms with van der Waals surface area (Å²) in [4.78, 5) is 0. The van der Waals surface area contributed by atoms with E-state index in [1.54, 1.807) is 56.9 Å². The molecule has 13 rings (SSSR count). The Bertz CT molecular complexity index is 1940. The summed E-state index contributed by atoms with van der Waals surface area (Å²) in [5, 5.41) is 0. The minimum atomic E-state index is -0.468. The lowest BCUT2D eigenvalue weighted by Gasteiger charge is -2.48. The Labute approximate surface area is 404 Å². The van der Waals surface area contributed by atoms with Crippen molar-refractivity contribution >= 4 is 0 Å². The molecule has 9 aliphatic heterocycles. The van der Waals surface area contributed by atoms with E-state index in [0.29, 0.717) is 69.0 Å². The van der Waals surface area contributed by atoms with E-state index in [0.717, 1.165) is 109 Å². The first-order chi connectivity index (χ1) is 33.0. The molecule has 0 N–H and O–H groups in total. The molecular formula is C54H76N2O12+2. The fourth-order valence-electron chi connectivity index (χ4n) is 11.2. The Morgan fingerprint density at radius 1 is 0.338 bits per heavy atom. The van der Waals surface area contributed by atoms with Crippen molar-refractivity contribution in [2.24, 2.45) is 0 Å². The van der Waals surface area contributed by atoms with Gasteiger partial charge < -0.3 is 65.8 Å². The maximum absolute atomic E-state index is 6.52. The van der Waals surface area contributed by atoms with Gasteiger partial charge in [-0.05, 0) is 98.5 Å². The van der Waals surface area contributed by atoms with E-state index in [2.05, 4.69) is 76.2 Å². The molecule has 372 valence electrons. The smallest absolute Gasteiger partial charge is 0.203 e. The van der Waals surface area contributed by atoms with Crippen molar-refractivity contribution in [3.63, 3.8) is 0 Å². The van der Waals surface area contributed by atoms with Crippen LogP contribution in [0.15, 0.2) is 48.5 Å². The summed E-state index contributed by atoms with van der Waals surface area (Å²) in [6, 6.07) is 16.7. The predicted octanol–water partition coefficient (Wildman–Crippen LogP) is 8.86. The standard InChI is InChI=1S/C54H76N2O12/c1-13-55(14-2)21-17-53(18-22-55)37-29-41(57-5)49(42(30-37)58-6)65-25-27-67-51-45(61-9)33-39(34-46(51)62-10)54(19-23-56(15-3,16-4)24-20-54)40-35-47(63-11)52(48(36-40)64-12)68-28-26-66-50-43(59-7)31-38(53)32-44(50)60-8/h29-36H,13-28H2,1-12H3/q+2. The summed E-state index contributed by atoms with van der Waals surface area (Å²) in [6.45, 7) is 18.0. The van der Waals surface area contributed by atoms with Crippen molar-refractivity contribution in [3.05, 3.63) is 70.8 Å². The van der Waals surface area contributed by atoms with E-state index < -0.39 is 10.8 Å². The zero-order valence-corrected chi connectivity index (χ0v) is 42.7. The molecule has 2 spiro atoms. The molecule has 0 aromatic heterocycles. The highest BCUT2D eigenvalue weighted by molar-refractivity contribution is 5.63. The molecule has 14 heteroatoms. The van der Waals surface area contributed by atoms with E-state index in [4.69, 9.17) is 56.8 Å². The largest absolute Gasteiger partial charge is 0.493 e. The molecule has 14 nitrogen and oxygen atoms in total. The first kappa shape index (κ1) is 50.3. The van der Waals surface area contributed by atoms with Crippen LogP contribution in [0.2, 0.25) is 0 Å². The number of methoxy groups -OCH3 is 8. The molecular weight excluding hydrogens is 869 g/mol. The second-order valence-corrected chi connectivity index (χ2v) is 18.2. The first-order valence-electron chi connectivity index (χ1n) is 24.3. The number of hydrogen-bond acceptors (Lipinski definition) is 12. The second-order valence-electron chi connectivity index (χ2n) is 18.2. The average molecular weight is 945 g/mol. The van der Waals surface area contributed by atoms with Gasteiger partial charge in [-0.1, -0.05) is 0 Å². The van der Waals surface area contributed by atoms with Gasteiger partial charge in [0.2, 0.25) is 23.0 Å². The van der Waals surface area contributed by atoms with Crippen LogP contribution in [0, 0.1) is 0 Å². The third kappa shape index (κ3) is 9.18. The monoisotopic (exact) mass is 945 g/mol. The van der Waals surface area contributed by atoms with Gasteiger partial charge in [-0.3, -0.25) is 0 Å². The quantitative estimate of drug-likeness (QED) is 0.127. The summed E-state index contributed by atoms with van der Waals surface area (Å²) in [5.41, 5.74) is 3.23. The number of piperidine rings is 2. The van der Waals surface area contributed by atoms with Crippen LogP contribution in [0.5, 0.6) is 69.0 Å². The van der Waals surface area contributed by atoms with Crippen LogP contribution in [-0.2, 0) is 10.8 Å². The highest BCUT2D eigenvalue weighted by Gasteiger charge is 2.47. The minimum Gasteiger partial charge on any atom is -0.493 e. The number of likely N-dealkylation sites (tertiary alicyclic amines) is 2. The van der Waals surface area contributed by atoms with Gasteiger partial charge in [-0.15, -0.1) is 0 Å². The molecule has 0 unspecified atom stereocenters. The van der Waals surface area contributed by atoms with Gasteiger partial charge >= 0.3 is 0 Å². The van der Waals surface area contributed by atoms with Crippen LogP contribution in [0.1, 0.15) is 75.6 Å². The average Bonchev–Trinajstić information content (AvgIpc) is 3.39. The number of hydrogen-bond donors (Lipinski definition) is 0. The summed E-state index contributed by atoms with van der Waals surface area (Å²) >= 11 is 0. The minimum absolute atomic E-state index is 0.181. The summed E-state index contributed by atoms with van der Waals surface area (Å²) in [5.74, 6) is 6.42. The molecule has 9 heterocycles. The number of ether oxygens (including phenoxy) is 12. The molecule has 2 fully saturated rings. The Morgan fingerprint density at radius 3 is 0.662 bits per heavy atom. The van der Waals surface area contributed by atoms with E-state index in [9.17, 15) is 0 Å². The zero-order chi connectivity index (χ0) is 48.7. The van der Waals surface area contributed by atoms with E-state index in [-0.39, 0.29) is 26.4 Å². The molecule has 0 radical (unpaired) electrons. The second kappa shape index (κ2) is 21.4. The van der Waals surface area contributed by atoms with Gasteiger partial charge in [0.25, 0.3) is 0 Å². The van der Waals surface area contributed by atoms with Crippen LogP contribution >= 0.6 is 0 Å². The van der Waals surface area contributed by atoms with Crippen molar-refractivity contribution in [1.29, 1.82) is 0 Å². The summed E-state index contributed by atoms with van der Waals surface area (Å²) in [7, 11) is 13.3. The van der Waals surface area contributed by atoms with Crippen molar-refractivity contribution < 1.29 is 65.8 Å². The number of benzene rings is 4. The maximum Gasteiger partial charge on any atom is 0.203 e. The molecule has 4 aromatic rings. The fraction of sp³-hybridized carbons (Fsp3) is 0.556. The molecule has 4 aromatic carbocycles. The van der Waals surface area contributed by atoms with Crippen molar-refractivity contribution in [2.45, 2.75) is 64.2 Å². The zero-order valence-electron chi connectivity index (χ0n) is 42.7. The summed E-state index contributed by atoms with van der Waals surface area (Å²) < 4.78 is 77.1. The van der Waals surface area contributed by atoms with Crippen molar-refractivity contribution in [3.8, 4) is 69.0 Å². The fourth-order valence-corrected chi connectivity index (χ4v) is 11.2. The molecule has 9 aliphatic rings. The predicted molar refractivity (Wildman–Crippen MR) is 262 cm³/mol. The van der Waals surface area contributed by atoms with Gasteiger partial charge in [0.15, 0.2) is 46.0 Å². The lowest BCUT2D eigenvalue weighted by atomic mass is 9.67. The van der Waals surface area contributed by atoms with Crippen LogP contribution in [0.3, 0.4) is 0 Å². The highest BCUT2D eigenvalue weighted by Crippen LogP contribution is 2.54. The Morgan fingerprint density at radius 2 is 0.515 bits per heavy atom. The summed E-state index contributed by atoms with van der Waals surface area (Å²) in [6.07, 6.45) is 3.44. The number of rotatable bonds is 12. The van der Waals surface area contributed by atoms with E-state index >= 15 is 0 Å². The molecule has 0 saturated carbocycles. The van der Waals surface area contributed by atoms with Gasteiger partial charge in [0.05, 0.1) is 109 Å². The lowest BCUT2D eigenvalue weighted by Crippen LogP contribution is -2.56. The van der Waals surface area contributed by atoms with Gasteiger partial charge in [0, 0.05) is 36.5 Å². The Kier molecular flexibility index (Phi) is 15.8. The molecule has 68 heavy (non-hydrogen) atoms. The van der Waals surface area contributed by atoms with Gasteiger partial charge in [-0.25, -0.2) is 0 Å². The third-order valence-electron chi connectivity index (χ3n) is 15.9. The molecule has 2 saturated heterocycles. The van der Waals surface area contributed by atoms with Crippen molar-refractivity contribution in [1.82, 2.24) is 0 Å². The van der Waals surface area contributed by atoms with Crippen LogP contribution in [0.25, 0.3) is 0 Å². The molecule has 8 bridgehead atoms. The highest BCUT2D eigenvalue weighted by atomic mass is 16.6. The van der Waals surface area contributed by atoms with E-state index in [1.165, 1.54) is 0 Å². The first-order valence-corrected chi connectivity index (χ1v) is 24.3.